The Morgan fingerprint density at radius 2 is 1.52 bits per heavy atom. The zero-order chi connectivity index (χ0) is 47.5. The van der Waals surface area contributed by atoms with Gasteiger partial charge in [0.15, 0.2) is 0 Å². The number of hydrogen-bond acceptors (Lipinski definition) is 9. The van der Waals surface area contributed by atoms with Crippen molar-refractivity contribution in [2.45, 2.75) is 111 Å². The third-order valence-corrected chi connectivity index (χ3v) is 17.0. The number of pyridine rings is 1. The van der Waals surface area contributed by atoms with Gasteiger partial charge in [-0.1, -0.05) is 95.3 Å². The van der Waals surface area contributed by atoms with E-state index in [0.29, 0.717) is 50.4 Å². The minimum Gasteiger partial charge on any atom is -0.480 e. The molecule has 65 heavy (non-hydrogen) atoms. The Bertz CT molecular complexity index is 2570. The van der Waals surface area contributed by atoms with E-state index < -0.39 is 56.3 Å². The summed E-state index contributed by atoms with van der Waals surface area (Å²) in [7, 11) is -1.48. The molecule has 6 rings (SSSR count). The number of amides is 1. The highest BCUT2D eigenvalue weighted by atomic mass is 32.1. The number of aliphatic carboxylic acids is 1. The van der Waals surface area contributed by atoms with Crippen molar-refractivity contribution in [3.8, 4) is 21.8 Å². The monoisotopic (exact) mass is 929 g/mol. The van der Waals surface area contributed by atoms with Gasteiger partial charge in [-0.2, -0.15) is 17.5 Å². The first-order chi connectivity index (χ1) is 30.4. The summed E-state index contributed by atoms with van der Waals surface area (Å²) >= 11 is 1.02. The van der Waals surface area contributed by atoms with E-state index in [1.54, 1.807) is 51.2 Å². The lowest BCUT2D eigenvalue weighted by Crippen LogP contribution is -2.67. The number of aromatic nitrogens is 4. The average molecular weight is 930 g/mol. The summed E-state index contributed by atoms with van der Waals surface area (Å²) in [6.45, 7) is 16.6. The second kappa shape index (κ2) is 19.2. The van der Waals surface area contributed by atoms with Gasteiger partial charge in [0.05, 0.1) is 17.5 Å². The number of carboxylic acid groups (broad SMARTS) is 1. The van der Waals surface area contributed by atoms with E-state index in [2.05, 4.69) is 78.5 Å². The number of fused-ring (bicyclic) bond motifs is 1. The number of rotatable bonds is 16. The van der Waals surface area contributed by atoms with Crippen LogP contribution < -0.4 is 15.7 Å². The Hall–Kier alpha value is -5.42. The van der Waals surface area contributed by atoms with Crippen molar-refractivity contribution >= 4 is 53.2 Å². The molecule has 2 N–H and O–H groups in total. The minimum atomic E-state index is -4.59. The maximum absolute atomic E-state index is 14.8. The molecule has 0 aliphatic rings. The first kappa shape index (κ1) is 49.0. The number of carboxylic acids is 1. The maximum atomic E-state index is 14.8. The van der Waals surface area contributed by atoms with E-state index in [9.17, 15) is 27.9 Å². The fourth-order valence-electron chi connectivity index (χ4n) is 8.32. The summed E-state index contributed by atoms with van der Waals surface area (Å²) in [5.41, 5.74) is 1.48. The van der Waals surface area contributed by atoms with Crippen molar-refractivity contribution in [3.63, 3.8) is 0 Å². The molecule has 6 aromatic rings. The van der Waals surface area contributed by atoms with Crippen molar-refractivity contribution < 1.29 is 41.8 Å². The molecule has 0 aliphatic heterocycles. The highest BCUT2D eigenvalue weighted by Gasteiger charge is 2.51. The van der Waals surface area contributed by atoms with Gasteiger partial charge in [0.2, 0.25) is 0 Å². The van der Waals surface area contributed by atoms with Crippen LogP contribution in [0.2, 0.25) is 5.04 Å². The molecule has 0 saturated heterocycles. The van der Waals surface area contributed by atoms with Gasteiger partial charge >= 0.3 is 18.2 Å². The number of nitrogens with zero attached hydrogens (tertiary/aromatic N) is 4. The van der Waals surface area contributed by atoms with Gasteiger partial charge in [0, 0.05) is 48.4 Å². The fraction of sp³-hybridized carbons (Fsp3) is 0.408. The van der Waals surface area contributed by atoms with Gasteiger partial charge in [-0.15, -0.1) is 0 Å². The Balaban J connectivity index is 1.50. The van der Waals surface area contributed by atoms with Gasteiger partial charge in [0.1, 0.15) is 29.0 Å². The fourth-order valence-corrected chi connectivity index (χ4v) is 13.8. The van der Waals surface area contributed by atoms with E-state index in [1.165, 1.54) is 11.7 Å². The summed E-state index contributed by atoms with van der Waals surface area (Å²) in [4.78, 5) is 34.0. The number of halogens is 3. The Kier molecular flexibility index (Phi) is 14.5. The molecule has 0 unspecified atom stereocenters. The molecule has 0 radical (unpaired) electrons. The van der Waals surface area contributed by atoms with Crippen LogP contribution in [0.3, 0.4) is 0 Å². The number of alkyl halides is 3. The van der Waals surface area contributed by atoms with E-state index >= 15 is 0 Å². The minimum absolute atomic E-state index is 0.166. The number of carbonyl (C=O) groups is 2. The Morgan fingerprint density at radius 3 is 2.08 bits per heavy atom. The standard InChI is InChI=1S/C49H58F3N5O6SSi/c1-31(61-10)41-35(22-17-25-53-41)42-37(28-48(8,9)30-62-65(47(5,6)7,33-18-13-11-14-19-33)34-20-15-12-16-21-34)36-26-32(23-24-39(36)57(42)29-49(50,51)52)43-55-40(56-64-43)27-38(44(58)59)54-45(60)63-46(2,3)4/h11-26,31,38H,27-30H2,1-10H3,(H,54,60)(H,58,59)/t31-,38-/m0/s1. The second-order valence-corrected chi connectivity index (χ2v) is 24.2. The van der Waals surface area contributed by atoms with Gasteiger partial charge in [-0.05, 0) is 102 Å². The molecule has 3 aromatic heterocycles. The third kappa shape index (κ3) is 11.3. The van der Waals surface area contributed by atoms with Crippen LogP contribution in [0.5, 0.6) is 0 Å². The summed E-state index contributed by atoms with van der Waals surface area (Å²) in [6, 6.07) is 27.9. The topological polar surface area (TPSA) is 138 Å². The number of methoxy groups -OCH3 is 1. The number of nitrogens with one attached hydrogen (secondary N) is 1. The zero-order valence-corrected chi connectivity index (χ0v) is 40.4. The highest BCUT2D eigenvalue weighted by molar-refractivity contribution is 7.09. The predicted molar refractivity (Wildman–Crippen MR) is 251 cm³/mol. The van der Waals surface area contributed by atoms with Gasteiger partial charge in [-0.25, -0.2) is 14.6 Å². The highest BCUT2D eigenvalue weighted by Crippen LogP contribution is 2.44. The predicted octanol–water partition coefficient (Wildman–Crippen LogP) is 10.2. The van der Waals surface area contributed by atoms with Crippen LogP contribution >= 0.6 is 11.5 Å². The van der Waals surface area contributed by atoms with Crippen molar-refractivity contribution in [2.24, 2.45) is 5.41 Å². The van der Waals surface area contributed by atoms with Crippen LogP contribution in [0.25, 0.3) is 32.7 Å². The van der Waals surface area contributed by atoms with E-state index in [1.807, 2.05) is 49.4 Å². The largest absolute Gasteiger partial charge is 0.480 e. The lowest BCUT2D eigenvalue weighted by atomic mass is 9.84. The number of hydrogen-bond donors (Lipinski definition) is 2. The van der Waals surface area contributed by atoms with Crippen LogP contribution in [0.15, 0.2) is 97.2 Å². The molecule has 1 amide bonds. The molecule has 0 aliphatic carbocycles. The van der Waals surface area contributed by atoms with Crippen LogP contribution in [0, 0.1) is 5.41 Å². The zero-order valence-electron chi connectivity index (χ0n) is 38.5. The SMILES string of the molecule is CO[C@@H](C)c1ncccc1-c1c(CC(C)(C)CO[Si](c2ccccc2)(c2ccccc2)C(C)(C)C)c2cc(-c3nc(C[C@H](NC(=O)OC(C)(C)C)C(=O)O)ns3)ccc2n1CC(F)(F)F. The molecule has 0 fully saturated rings. The third-order valence-electron chi connectivity index (χ3n) is 11.2. The number of carbonyl (C=O) groups excluding carboxylic acids is 1. The summed E-state index contributed by atoms with van der Waals surface area (Å²) in [5, 5.41) is 15.2. The second-order valence-electron chi connectivity index (χ2n) is 19.1. The quantitative estimate of drug-likeness (QED) is 0.0909. The maximum Gasteiger partial charge on any atom is 0.408 e. The molecule has 0 spiro atoms. The normalized spacial score (nSPS) is 13.7. The van der Waals surface area contributed by atoms with Crippen molar-refractivity contribution in [1.82, 2.24) is 24.2 Å². The van der Waals surface area contributed by atoms with E-state index in [0.717, 1.165) is 21.9 Å². The molecular formula is C49H58F3N5O6SSi. The summed E-state index contributed by atoms with van der Waals surface area (Å²) < 4.78 is 68.6. The van der Waals surface area contributed by atoms with Gasteiger partial charge in [-0.3, -0.25) is 4.98 Å². The van der Waals surface area contributed by atoms with Crippen LogP contribution in [-0.4, -0.2) is 75.9 Å². The summed E-state index contributed by atoms with van der Waals surface area (Å²) in [5.74, 6) is -1.13. The van der Waals surface area contributed by atoms with Crippen molar-refractivity contribution in [3.05, 3.63) is 114 Å². The first-order valence-corrected chi connectivity index (χ1v) is 24.1. The van der Waals surface area contributed by atoms with Crippen LogP contribution in [0.4, 0.5) is 18.0 Å². The lowest BCUT2D eigenvalue weighted by Gasteiger charge is -2.44. The number of alkyl carbamates (subject to hydrolysis) is 1. The molecule has 3 heterocycles. The Labute approximate surface area is 383 Å². The van der Waals surface area contributed by atoms with Crippen LogP contribution in [0.1, 0.15) is 85.5 Å². The molecule has 2 atom stereocenters. The summed E-state index contributed by atoms with van der Waals surface area (Å²) in [6.07, 6.45) is -4.34. The van der Waals surface area contributed by atoms with Gasteiger partial charge < -0.3 is 28.9 Å². The van der Waals surface area contributed by atoms with Crippen molar-refractivity contribution in [2.75, 3.05) is 13.7 Å². The molecule has 3 aromatic carbocycles. The first-order valence-electron chi connectivity index (χ1n) is 21.4. The smallest absolute Gasteiger partial charge is 0.408 e. The molecule has 0 saturated carbocycles. The Morgan fingerprint density at radius 1 is 0.892 bits per heavy atom. The van der Waals surface area contributed by atoms with E-state index in [4.69, 9.17) is 13.9 Å². The molecule has 16 heteroatoms. The molecule has 11 nitrogen and oxygen atoms in total. The van der Waals surface area contributed by atoms with Gasteiger partial charge in [0.25, 0.3) is 8.32 Å². The van der Waals surface area contributed by atoms with E-state index in [-0.39, 0.29) is 23.9 Å². The molecule has 0 bridgehead atoms. The molecule has 346 valence electrons. The van der Waals surface area contributed by atoms with Crippen molar-refractivity contribution in [1.29, 1.82) is 0 Å². The number of ether oxygens (including phenoxy) is 2. The number of benzene rings is 3. The lowest BCUT2D eigenvalue weighted by molar-refractivity contribution is -0.140. The molecular weight excluding hydrogens is 872 g/mol. The average Bonchev–Trinajstić information content (AvgIpc) is 3.81. The van der Waals surface area contributed by atoms with Crippen LogP contribution in [-0.2, 0) is 38.1 Å².